The van der Waals surface area contributed by atoms with Crippen molar-refractivity contribution >= 4 is 5.91 Å². The highest BCUT2D eigenvalue weighted by atomic mass is 16.4. The fourth-order valence-electron chi connectivity index (χ4n) is 2.29. The number of pyridine rings is 1. The molecule has 124 valence electrons. The van der Waals surface area contributed by atoms with Crippen LogP contribution in [-0.4, -0.2) is 28.2 Å². The first-order chi connectivity index (χ1) is 11.0. The van der Waals surface area contributed by atoms with Crippen LogP contribution in [0, 0.1) is 5.92 Å². The van der Waals surface area contributed by atoms with Crippen LogP contribution in [0.5, 0.6) is 0 Å². The molecule has 0 fully saturated rings. The van der Waals surface area contributed by atoms with Crippen molar-refractivity contribution in [1.82, 2.24) is 9.88 Å². The van der Waals surface area contributed by atoms with E-state index in [1.807, 2.05) is 13.8 Å². The number of hydrogen-bond acceptors (Lipinski definition) is 4. The van der Waals surface area contributed by atoms with Crippen molar-refractivity contribution in [2.45, 2.75) is 32.9 Å². The highest BCUT2D eigenvalue weighted by Crippen LogP contribution is 2.11. The molecule has 6 nitrogen and oxygen atoms in total. The topological polar surface area (TPSA) is 84.5 Å². The molecule has 2 aromatic rings. The van der Waals surface area contributed by atoms with E-state index in [4.69, 9.17) is 9.52 Å². The van der Waals surface area contributed by atoms with Crippen molar-refractivity contribution in [2.75, 3.05) is 6.61 Å². The first kappa shape index (κ1) is 17.0. The summed E-state index contributed by atoms with van der Waals surface area (Å²) < 4.78 is 7.03. The molecule has 2 heterocycles. The van der Waals surface area contributed by atoms with E-state index in [-0.39, 0.29) is 42.3 Å². The molecule has 0 spiro atoms. The number of nitrogens with zero attached hydrogens (tertiary/aromatic N) is 1. The highest BCUT2D eigenvalue weighted by Gasteiger charge is 2.19. The number of aliphatic hydroxyl groups excluding tert-OH is 1. The molecule has 0 radical (unpaired) electrons. The van der Waals surface area contributed by atoms with E-state index in [9.17, 15) is 9.59 Å². The molecule has 0 saturated carbocycles. The summed E-state index contributed by atoms with van der Waals surface area (Å²) in [6.07, 6.45) is 2.16. The Balaban J connectivity index is 2.05. The van der Waals surface area contributed by atoms with Gasteiger partial charge in [0.25, 0.3) is 11.5 Å². The van der Waals surface area contributed by atoms with Crippen LogP contribution in [-0.2, 0) is 6.54 Å². The van der Waals surface area contributed by atoms with Gasteiger partial charge in [-0.2, -0.15) is 0 Å². The predicted molar refractivity (Wildman–Crippen MR) is 86.3 cm³/mol. The average Bonchev–Trinajstić information content (AvgIpc) is 2.97. The van der Waals surface area contributed by atoms with Gasteiger partial charge in [-0.15, -0.1) is 0 Å². The Hall–Kier alpha value is -2.34. The van der Waals surface area contributed by atoms with Crippen molar-refractivity contribution in [3.63, 3.8) is 0 Å². The number of aromatic nitrogens is 1. The average molecular weight is 318 g/mol. The molecule has 0 aliphatic carbocycles. The standard InChI is InChI=1S/C17H22N2O4/c1-12(2)14(8-10-20)18-17(22)15-7-6-13(23-15)11-19-9-4-3-5-16(19)21/h3-7,9,12,14,20H,8,10-11H2,1-2H3,(H,18,22). The third-order valence-electron chi connectivity index (χ3n) is 3.67. The van der Waals surface area contributed by atoms with Crippen LogP contribution < -0.4 is 10.9 Å². The smallest absolute Gasteiger partial charge is 0.287 e. The van der Waals surface area contributed by atoms with E-state index in [1.165, 1.54) is 10.6 Å². The van der Waals surface area contributed by atoms with Gasteiger partial charge in [-0.25, -0.2) is 0 Å². The second-order valence-electron chi connectivity index (χ2n) is 5.77. The number of carbonyl (C=O) groups is 1. The largest absolute Gasteiger partial charge is 0.454 e. The molecular weight excluding hydrogens is 296 g/mol. The minimum atomic E-state index is -0.316. The second kappa shape index (κ2) is 7.78. The maximum atomic E-state index is 12.2. The van der Waals surface area contributed by atoms with E-state index in [1.54, 1.807) is 30.5 Å². The van der Waals surface area contributed by atoms with E-state index >= 15 is 0 Å². The predicted octanol–water partition coefficient (Wildman–Crippen LogP) is 1.63. The molecule has 1 amide bonds. The monoisotopic (exact) mass is 318 g/mol. The summed E-state index contributed by atoms with van der Waals surface area (Å²) >= 11 is 0. The van der Waals surface area contributed by atoms with Crippen LogP contribution in [0.3, 0.4) is 0 Å². The van der Waals surface area contributed by atoms with Gasteiger partial charge in [-0.1, -0.05) is 19.9 Å². The van der Waals surface area contributed by atoms with Crippen molar-refractivity contribution in [3.05, 3.63) is 58.4 Å². The molecule has 0 aliphatic rings. The van der Waals surface area contributed by atoms with E-state index in [0.29, 0.717) is 12.2 Å². The summed E-state index contributed by atoms with van der Waals surface area (Å²) in [5, 5.41) is 11.9. The van der Waals surface area contributed by atoms with Crippen molar-refractivity contribution < 1.29 is 14.3 Å². The second-order valence-corrected chi connectivity index (χ2v) is 5.77. The highest BCUT2D eigenvalue weighted by molar-refractivity contribution is 5.91. The fourth-order valence-corrected chi connectivity index (χ4v) is 2.29. The Morgan fingerprint density at radius 3 is 2.74 bits per heavy atom. The molecule has 0 aliphatic heterocycles. The zero-order chi connectivity index (χ0) is 16.8. The number of rotatable bonds is 7. The number of aliphatic hydroxyl groups is 1. The first-order valence-electron chi connectivity index (χ1n) is 7.67. The molecule has 0 saturated heterocycles. The normalized spacial score (nSPS) is 12.3. The first-order valence-corrected chi connectivity index (χ1v) is 7.67. The third-order valence-corrected chi connectivity index (χ3v) is 3.67. The number of carbonyl (C=O) groups excluding carboxylic acids is 1. The van der Waals surface area contributed by atoms with E-state index in [2.05, 4.69) is 5.32 Å². The Bertz CT molecular complexity index is 702. The third kappa shape index (κ3) is 4.56. The molecule has 1 unspecified atom stereocenters. The molecule has 1 atom stereocenters. The summed E-state index contributed by atoms with van der Waals surface area (Å²) in [5.74, 6) is 0.631. The summed E-state index contributed by atoms with van der Waals surface area (Å²) in [5.41, 5.74) is -0.127. The Morgan fingerprint density at radius 1 is 1.30 bits per heavy atom. The summed E-state index contributed by atoms with van der Waals surface area (Å²) in [6, 6.07) is 8.07. The molecule has 0 aromatic carbocycles. The lowest BCUT2D eigenvalue weighted by molar-refractivity contribution is 0.0886. The van der Waals surface area contributed by atoms with Crippen LogP contribution in [0.25, 0.3) is 0 Å². The van der Waals surface area contributed by atoms with Crippen LogP contribution in [0.1, 0.15) is 36.6 Å². The van der Waals surface area contributed by atoms with Crippen molar-refractivity contribution in [2.24, 2.45) is 5.92 Å². The minimum absolute atomic E-state index is 0.0173. The van der Waals surface area contributed by atoms with Crippen molar-refractivity contribution in [1.29, 1.82) is 0 Å². The fraction of sp³-hybridized carbons (Fsp3) is 0.412. The maximum absolute atomic E-state index is 12.2. The van der Waals surface area contributed by atoms with Gasteiger partial charge >= 0.3 is 0 Å². The van der Waals surface area contributed by atoms with Crippen LogP contribution >= 0.6 is 0 Å². The van der Waals surface area contributed by atoms with E-state index < -0.39 is 0 Å². The van der Waals surface area contributed by atoms with Gasteiger partial charge in [0.2, 0.25) is 0 Å². The van der Waals surface area contributed by atoms with E-state index in [0.717, 1.165) is 0 Å². The lowest BCUT2D eigenvalue weighted by atomic mass is 10.0. The van der Waals surface area contributed by atoms with Crippen LogP contribution in [0.4, 0.5) is 0 Å². The maximum Gasteiger partial charge on any atom is 0.287 e. The number of amides is 1. The summed E-state index contributed by atoms with van der Waals surface area (Å²) in [4.78, 5) is 23.9. The molecule has 6 heteroatoms. The molecule has 2 N–H and O–H groups in total. The zero-order valence-corrected chi connectivity index (χ0v) is 13.4. The lowest BCUT2D eigenvalue weighted by Gasteiger charge is -2.20. The molecule has 2 rings (SSSR count). The van der Waals surface area contributed by atoms with Gasteiger partial charge in [0.1, 0.15) is 5.76 Å². The molecule has 23 heavy (non-hydrogen) atoms. The Morgan fingerprint density at radius 2 is 2.09 bits per heavy atom. The van der Waals surface area contributed by atoms with Gasteiger partial charge < -0.3 is 19.4 Å². The van der Waals surface area contributed by atoms with Gasteiger partial charge in [0, 0.05) is 24.9 Å². The SMILES string of the molecule is CC(C)C(CCO)NC(=O)c1ccc(Cn2ccccc2=O)o1. The quantitative estimate of drug-likeness (QED) is 0.812. The summed E-state index contributed by atoms with van der Waals surface area (Å²) in [7, 11) is 0. The zero-order valence-electron chi connectivity index (χ0n) is 13.4. The van der Waals surface area contributed by atoms with Crippen LogP contribution in [0.2, 0.25) is 0 Å². The van der Waals surface area contributed by atoms with Crippen LogP contribution in [0.15, 0.2) is 45.7 Å². The minimum Gasteiger partial charge on any atom is -0.454 e. The van der Waals surface area contributed by atoms with Gasteiger partial charge in [-0.05, 0) is 30.5 Å². The van der Waals surface area contributed by atoms with Gasteiger partial charge in [-0.3, -0.25) is 9.59 Å². The number of hydrogen-bond donors (Lipinski definition) is 2. The number of nitrogens with one attached hydrogen (secondary N) is 1. The Kier molecular flexibility index (Phi) is 5.76. The molecule has 0 bridgehead atoms. The Labute approximate surface area is 134 Å². The lowest BCUT2D eigenvalue weighted by Crippen LogP contribution is -2.39. The van der Waals surface area contributed by atoms with Gasteiger partial charge in [0.05, 0.1) is 6.54 Å². The van der Waals surface area contributed by atoms with Gasteiger partial charge in [0.15, 0.2) is 5.76 Å². The number of furan rings is 1. The van der Waals surface area contributed by atoms with Crippen molar-refractivity contribution in [3.8, 4) is 0 Å². The summed E-state index contributed by atoms with van der Waals surface area (Å²) in [6.45, 7) is 4.26. The molecule has 2 aromatic heterocycles. The molecular formula is C17H22N2O4.